The molecule has 0 saturated heterocycles. The molecule has 5 heteroatoms. The third-order valence-corrected chi connectivity index (χ3v) is 2.83. The SMILES string of the molecule is CCN(Cc1ccccc1)c1nnccc1C(=O)O. The molecule has 0 aliphatic carbocycles. The Bertz CT molecular complexity index is 558. The Balaban J connectivity index is 2.30. The van der Waals surface area contributed by atoms with Crippen molar-refractivity contribution in [3.05, 3.63) is 53.7 Å². The molecule has 98 valence electrons. The van der Waals surface area contributed by atoms with Crippen LogP contribution < -0.4 is 4.90 Å². The summed E-state index contributed by atoms with van der Waals surface area (Å²) in [6, 6.07) is 11.3. The number of carbonyl (C=O) groups is 1. The van der Waals surface area contributed by atoms with Crippen molar-refractivity contribution in [1.29, 1.82) is 0 Å². The van der Waals surface area contributed by atoms with Crippen LogP contribution in [0.1, 0.15) is 22.8 Å². The van der Waals surface area contributed by atoms with Gasteiger partial charge in [0.1, 0.15) is 5.56 Å². The summed E-state index contributed by atoms with van der Waals surface area (Å²) < 4.78 is 0. The van der Waals surface area contributed by atoms with Crippen LogP contribution >= 0.6 is 0 Å². The lowest BCUT2D eigenvalue weighted by molar-refractivity contribution is 0.0697. The third kappa shape index (κ3) is 3.07. The van der Waals surface area contributed by atoms with Crippen LogP contribution in [0.4, 0.5) is 5.82 Å². The molecule has 0 spiro atoms. The zero-order valence-electron chi connectivity index (χ0n) is 10.7. The second kappa shape index (κ2) is 5.95. The molecule has 2 rings (SSSR count). The van der Waals surface area contributed by atoms with E-state index in [0.717, 1.165) is 5.56 Å². The second-order valence-electron chi connectivity index (χ2n) is 4.07. The first kappa shape index (κ1) is 13.0. The summed E-state index contributed by atoms with van der Waals surface area (Å²) in [5.41, 5.74) is 1.28. The number of hydrogen-bond acceptors (Lipinski definition) is 4. The summed E-state index contributed by atoms with van der Waals surface area (Å²) in [4.78, 5) is 13.1. The lowest BCUT2D eigenvalue weighted by Gasteiger charge is -2.22. The Morgan fingerprint density at radius 2 is 2.00 bits per heavy atom. The van der Waals surface area contributed by atoms with Crippen LogP contribution in [0, 0.1) is 0 Å². The van der Waals surface area contributed by atoms with Gasteiger partial charge in [0.05, 0.1) is 6.20 Å². The molecule has 0 bridgehead atoms. The molecule has 1 N–H and O–H groups in total. The predicted octanol–water partition coefficient (Wildman–Crippen LogP) is 2.20. The molecule has 5 nitrogen and oxygen atoms in total. The van der Waals surface area contributed by atoms with Crippen LogP contribution in [-0.4, -0.2) is 27.8 Å². The molecule has 0 unspecified atom stereocenters. The van der Waals surface area contributed by atoms with Gasteiger partial charge in [-0.25, -0.2) is 4.79 Å². The zero-order chi connectivity index (χ0) is 13.7. The minimum atomic E-state index is -0.989. The standard InChI is InChI=1S/C14H15N3O2/c1-2-17(10-11-6-4-3-5-7-11)13-12(14(18)19)8-9-15-16-13/h3-9H,2,10H2,1H3,(H,18,19). The van der Waals surface area contributed by atoms with Gasteiger partial charge in [-0.05, 0) is 18.6 Å². The van der Waals surface area contributed by atoms with E-state index in [9.17, 15) is 9.90 Å². The fraction of sp³-hybridized carbons (Fsp3) is 0.214. The number of carboxylic acid groups (broad SMARTS) is 1. The Morgan fingerprint density at radius 3 is 2.63 bits per heavy atom. The van der Waals surface area contributed by atoms with Crippen LogP contribution in [0.25, 0.3) is 0 Å². The number of anilines is 1. The van der Waals surface area contributed by atoms with Crippen molar-refractivity contribution < 1.29 is 9.90 Å². The van der Waals surface area contributed by atoms with Gasteiger partial charge in [-0.1, -0.05) is 30.3 Å². The maximum atomic E-state index is 11.2. The van der Waals surface area contributed by atoms with Gasteiger partial charge in [0, 0.05) is 13.1 Å². The molecule has 0 aliphatic heterocycles. The molecular weight excluding hydrogens is 242 g/mol. The van der Waals surface area contributed by atoms with Gasteiger partial charge in [-0.15, -0.1) is 5.10 Å². The molecule has 0 aliphatic rings. The predicted molar refractivity (Wildman–Crippen MR) is 72.2 cm³/mol. The largest absolute Gasteiger partial charge is 0.478 e. The molecule has 1 aromatic carbocycles. The van der Waals surface area contributed by atoms with E-state index in [4.69, 9.17) is 0 Å². The first-order valence-corrected chi connectivity index (χ1v) is 6.06. The van der Waals surface area contributed by atoms with Gasteiger partial charge in [0.2, 0.25) is 0 Å². The van der Waals surface area contributed by atoms with Gasteiger partial charge in [-0.3, -0.25) is 0 Å². The van der Waals surface area contributed by atoms with E-state index >= 15 is 0 Å². The third-order valence-electron chi connectivity index (χ3n) is 2.83. The van der Waals surface area contributed by atoms with E-state index in [1.807, 2.05) is 42.2 Å². The molecule has 0 atom stereocenters. The van der Waals surface area contributed by atoms with Crippen LogP contribution in [0.5, 0.6) is 0 Å². The van der Waals surface area contributed by atoms with Crippen molar-refractivity contribution >= 4 is 11.8 Å². The normalized spacial score (nSPS) is 10.2. The van der Waals surface area contributed by atoms with E-state index in [0.29, 0.717) is 18.9 Å². The molecule has 0 fully saturated rings. The molecule has 1 heterocycles. The summed E-state index contributed by atoms with van der Waals surface area (Å²) in [7, 11) is 0. The van der Waals surface area contributed by atoms with E-state index in [1.54, 1.807) is 0 Å². The molecule has 0 saturated carbocycles. The Kier molecular flexibility index (Phi) is 4.07. The number of aromatic nitrogens is 2. The Morgan fingerprint density at radius 1 is 1.26 bits per heavy atom. The minimum Gasteiger partial charge on any atom is -0.478 e. The molecule has 0 radical (unpaired) electrons. The molecule has 0 amide bonds. The monoisotopic (exact) mass is 257 g/mol. The fourth-order valence-corrected chi connectivity index (χ4v) is 1.87. The topological polar surface area (TPSA) is 66.3 Å². The number of benzene rings is 1. The van der Waals surface area contributed by atoms with Crippen LogP contribution in [0.2, 0.25) is 0 Å². The summed E-state index contributed by atoms with van der Waals surface area (Å²) >= 11 is 0. The van der Waals surface area contributed by atoms with E-state index in [-0.39, 0.29) is 5.56 Å². The number of aromatic carboxylic acids is 1. The first-order valence-electron chi connectivity index (χ1n) is 6.06. The Labute approximate surface area is 111 Å². The molecular formula is C14H15N3O2. The minimum absolute atomic E-state index is 0.174. The highest BCUT2D eigenvalue weighted by Crippen LogP contribution is 2.18. The zero-order valence-corrected chi connectivity index (χ0v) is 10.7. The van der Waals surface area contributed by atoms with Crippen molar-refractivity contribution in [3.8, 4) is 0 Å². The number of carboxylic acids is 1. The average molecular weight is 257 g/mol. The second-order valence-corrected chi connectivity index (χ2v) is 4.07. The smallest absolute Gasteiger partial charge is 0.339 e. The average Bonchev–Trinajstić information content (AvgIpc) is 2.46. The Hall–Kier alpha value is -2.43. The number of rotatable bonds is 5. The van der Waals surface area contributed by atoms with Crippen molar-refractivity contribution in [3.63, 3.8) is 0 Å². The van der Waals surface area contributed by atoms with E-state index in [1.165, 1.54) is 12.3 Å². The fourth-order valence-electron chi connectivity index (χ4n) is 1.87. The highest BCUT2D eigenvalue weighted by atomic mass is 16.4. The maximum Gasteiger partial charge on any atom is 0.339 e. The maximum absolute atomic E-state index is 11.2. The van der Waals surface area contributed by atoms with Gasteiger partial charge in [0.25, 0.3) is 0 Å². The highest BCUT2D eigenvalue weighted by molar-refractivity contribution is 5.93. The van der Waals surface area contributed by atoms with Crippen molar-refractivity contribution in [2.75, 3.05) is 11.4 Å². The van der Waals surface area contributed by atoms with Gasteiger partial charge >= 0.3 is 5.97 Å². The molecule has 1 aromatic heterocycles. The van der Waals surface area contributed by atoms with Crippen molar-refractivity contribution in [2.24, 2.45) is 0 Å². The quantitative estimate of drug-likeness (QED) is 0.889. The van der Waals surface area contributed by atoms with Crippen LogP contribution in [-0.2, 0) is 6.54 Å². The summed E-state index contributed by atoms with van der Waals surface area (Å²) in [6.07, 6.45) is 1.39. The van der Waals surface area contributed by atoms with Crippen molar-refractivity contribution in [1.82, 2.24) is 10.2 Å². The summed E-state index contributed by atoms with van der Waals surface area (Å²) in [6.45, 7) is 3.23. The van der Waals surface area contributed by atoms with Crippen LogP contribution in [0.15, 0.2) is 42.6 Å². The number of nitrogens with zero attached hydrogens (tertiary/aromatic N) is 3. The van der Waals surface area contributed by atoms with Crippen LogP contribution in [0.3, 0.4) is 0 Å². The lowest BCUT2D eigenvalue weighted by atomic mass is 10.2. The van der Waals surface area contributed by atoms with E-state index in [2.05, 4.69) is 10.2 Å². The summed E-state index contributed by atoms with van der Waals surface area (Å²) in [5, 5.41) is 16.9. The van der Waals surface area contributed by atoms with Crippen molar-refractivity contribution in [2.45, 2.75) is 13.5 Å². The number of hydrogen-bond donors (Lipinski definition) is 1. The lowest BCUT2D eigenvalue weighted by Crippen LogP contribution is -2.25. The van der Waals surface area contributed by atoms with Gasteiger partial charge < -0.3 is 10.0 Å². The molecule has 19 heavy (non-hydrogen) atoms. The molecule has 2 aromatic rings. The first-order chi connectivity index (χ1) is 9.22. The van der Waals surface area contributed by atoms with Gasteiger partial charge in [0.15, 0.2) is 5.82 Å². The van der Waals surface area contributed by atoms with Gasteiger partial charge in [-0.2, -0.15) is 5.10 Å². The highest BCUT2D eigenvalue weighted by Gasteiger charge is 2.16. The summed E-state index contributed by atoms with van der Waals surface area (Å²) in [5.74, 6) is -0.585. The van der Waals surface area contributed by atoms with E-state index < -0.39 is 5.97 Å².